The maximum atomic E-state index is 11.7. The van der Waals surface area contributed by atoms with E-state index in [9.17, 15) is 25.5 Å². The van der Waals surface area contributed by atoms with Gasteiger partial charge >= 0.3 is 0 Å². The number of ether oxygens (including phenoxy) is 3. The number of nitro benzene ring substituents is 2. The number of nitrogens with zero attached hydrogens (tertiary/aromatic N) is 5. The molecule has 0 aliphatic heterocycles. The van der Waals surface area contributed by atoms with Crippen LogP contribution in [-0.2, 0) is 0 Å². The molecule has 0 atom stereocenters. The van der Waals surface area contributed by atoms with E-state index in [1.165, 1.54) is 39.2 Å². The van der Waals surface area contributed by atoms with Gasteiger partial charge in [-0.05, 0) is 24.1 Å². The van der Waals surface area contributed by atoms with Crippen molar-refractivity contribution in [3.63, 3.8) is 0 Å². The van der Waals surface area contributed by atoms with Crippen molar-refractivity contribution in [3.05, 3.63) is 56.1 Å². The van der Waals surface area contributed by atoms with Crippen LogP contribution in [-0.4, -0.2) is 46.9 Å². The van der Waals surface area contributed by atoms with Crippen LogP contribution in [0.4, 0.5) is 22.9 Å². The molecule has 0 amide bonds. The van der Waals surface area contributed by atoms with Gasteiger partial charge in [0.05, 0.1) is 42.9 Å². The molecule has 0 unspecified atom stereocenters. The first-order chi connectivity index (χ1) is 18.1. The van der Waals surface area contributed by atoms with Crippen molar-refractivity contribution in [1.29, 1.82) is 5.26 Å². The monoisotopic (exact) mass is 540 g/mol. The van der Waals surface area contributed by atoms with Crippen molar-refractivity contribution in [2.45, 2.75) is 19.0 Å². The number of methoxy groups -OCH3 is 3. The number of hydrogen-bond donors (Lipinski definition) is 1. The van der Waals surface area contributed by atoms with E-state index in [4.69, 9.17) is 14.2 Å². The molecule has 0 radical (unpaired) electrons. The van der Waals surface area contributed by atoms with Crippen LogP contribution in [0, 0.1) is 37.5 Å². The number of non-ortho nitro benzene ring substituents is 1. The number of hydrogen-bond acceptors (Lipinski definition) is 12. The van der Waals surface area contributed by atoms with Crippen LogP contribution in [0.2, 0.25) is 0 Å². The van der Waals surface area contributed by atoms with E-state index in [2.05, 4.69) is 21.4 Å². The van der Waals surface area contributed by atoms with Crippen molar-refractivity contribution in [3.8, 4) is 34.6 Å². The van der Waals surface area contributed by atoms with Crippen LogP contribution in [0.15, 0.2) is 35.5 Å². The fraction of sp³-hybridized carbons (Fsp3) is 0.292. The molecule has 0 saturated heterocycles. The van der Waals surface area contributed by atoms with E-state index in [1.807, 2.05) is 13.8 Å². The van der Waals surface area contributed by atoms with Gasteiger partial charge < -0.3 is 19.5 Å². The van der Waals surface area contributed by atoms with Crippen LogP contribution in [0.5, 0.6) is 17.2 Å². The molecule has 1 heterocycles. The fourth-order valence-corrected chi connectivity index (χ4v) is 4.18. The molecule has 0 aliphatic rings. The topological polar surface area (TPSA) is 176 Å². The Balaban J connectivity index is 2.26. The van der Waals surface area contributed by atoms with E-state index in [-0.39, 0.29) is 22.8 Å². The Morgan fingerprint density at radius 1 is 1.03 bits per heavy atom. The molecule has 3 rings (SSSR count). The predicted molar refractivity (Wildman–Crippen MR) is 140 cm³/mol. The summed E-state index contributed by atoms with van der Waals surface area (Å²) in [6.45, 7) is 4.05. The smallest absolute Gasteiger partial charge is 0.299 e. The molecule has 0 fully saturated rings. The highest BCUT2D eigenvalue weighted by Crippen LogP contribution is 2.43. The van der Waals surface area contributed by atoms with Crippen LogP contribution in [0.3, 0.4) is 0 Å². The van der Waals surface area contributed by atoms with Crippen molar-refractivity contribution >= 4 is 34.6 Å². The summed E-state index contributed by atoms with van der Waals surface area (Å²) in [5, 5.41) is 36.1. The number of nitriles is 1. The first-order valence-corrected chi connectivity index (χ1v) is 12.1. The number of benzene rings is 2. The molecular formula is C24H24N6O7S. The number of nitrogens with one attached hydrogen (secondary N) is 1. The highest BCUT2D eigenvalue weighted by Gasteiger charge is 2.24. The summed E-state index contributed by atoms with van der Waals surface area (Å²) in [6.07, 6.45) is 0. The normalized spacial score (nSPS) is 10.6. The first-order valence-electron chi connectivity index (χ1n) is 11.1. The molecule has 13 nitrogen and oxygen atoms in total. The number of thioether (sulfide) groups is 1. The van der Waals surface area contributed by atoms with E-state index < -0.39 is 21.2 Å². The van der Waals surface area contributed by atoms with E-state index >= 15 is 0 Å². The lowest BCUT2D eigenvalue weighted by molar-refractivity contribution is -0.393. The fourth-order valence-electron chi connectivity index (χ4n) is 3.39. The van der Waals surface area contributed by atoms with Crippen LogP contribution in [0.25, 0.3) is 11.3 Å². The minimum Gasteiger partial charge on any atom is -0.493 e. The molecule has 0 bridgehead atoms. The molecule has 0 saturated carbocycles. The van der Waals surface area contributed by atoms with Crippen molar-refractivity contribution < 1.29 is 24.1 Å². The predicted octanol–water partition coefficient (Wildman–Crippen LogP) is 5.35. The third kappa shape index (κ3) is 6.01. The largest absolute Gasteiger partial charge is 0.493 e. The number of anilines is 2. The third-order valence-electron chi connectivity index (χ3n) is 5.13. The SMILES string of the molecule is COc1cc(-c2nc(SCC(C)C)nc(Nc3ccc([N+](=O)[O-])cc3[N+](=O)[O-])c2C#N)cc(OC)c1OC. The van der Waals surface area contributed by atoms with Gasteiger partial charge in [-0.15, -0.1) is 0 Å². The van der Waals surface area contributed by atoms with Gasteiger partial charge in [0.1, 0.15) is 17.3 Å². The first kappa shape index (κ1) is 27.9. The Morgan fingerprint density at radius 2 is 1.68 bits per heavy atom. The van der Waals surface area contributed by atoms with Gasteiger partial charge in [-0.25, -0.2) is 9.97 Å². The summed E-state index contributed by atoms with van der Waals surface area (Å²) >= 11 is 1.34. The Labute approximate surface area is 222 Å². The van der Waals surface area contributed by atoms with Gasteiger partial charge in [0.2, 0.25) is 5.75 Å². The quantitative estimate of drug-likeness (QED) is 0.143. The van der Waals surface area contributed by atoms with Gasteiger partial charge in [-0.2, -0.15) is 5.26 Å². The second-order valence-corrected chi connectivity index (χ2v) is 9.14. The molecule has 1 N–H and O–H groups in total. The number of rotatable bonds is 11. The second kappa shape index (κ2) is 12.1. The zero-order valence-electron chi connectivity index (χ0n) is 21.2. The summed E-state index contributed by atoms with van der Waals surface area (Å²) in [5.41, 5.74) is -0.414. The molecule has 0 spiro atoms. The Hall–Kier alpha value is -4.64. The second-order valence-electron chi connectivity index (χ2n) is 8.15. The average Bonchev–Trinajstić information content (AvgIpc) is 2.90. The van der Waals surface area contributed by atoms with E-state index in [1.54, 1.807) is 12.1 Å². The minimum absolute atomic E-state index is 0.00513. The van der Waals surface area contributed by atoms with Gasteiger partial charge in [0, 0.05) is 17.4 Å². The van der Waals surface area contributed by atoms with Crippen molar-refractivity contribution in [2.24, 2.45) is 5.92 Å². The highest BCUT2D eigenvalue weighted by atomic mass is 32.2. The third-order valence-corrected chi connectivity index (χ3v) is 6.40. The zero-order chi connectivity index (χ0) is 28.0. The van der Waals surface area contributed by atoms with Crippen LogP contribution in [0.1, 0.15) is 19.4 Å². The Kier molecular flexibility index (Phi) is 8.87. The molecule has 198 valence electrons. The minimum atomic E-state index is -0.753. The van der Waals surface area contributed by atoms with Gasteiger partial charge in [-0.3, -0.25) is 20.2 Å². The van der Waals surface area contributed by atoms with E-state index in [0.29, 0.717) is 39.6 Å². The molecule has 14 heteroatoms. The Bertz CT molecular complexity index is 1400. The number of aromatic nitrogens is 2. The summed E-state index contributed by atoms with van der Waals surface area (Å²) < 4.78 is 16.3. The van der Waals surface area contributed by atoms with Crippen molar-refractivity contribution in [1.82, 2.24) is 9.97 Å². The molecular weight excluding hydrogens is 516 g/mol. The van der Waals surface area contributed by atoms with Crippen LogP contribution < -0.4 is 19.5 Å². The summed E-state index contributed by atoms with van der Waals surface area (Å²) in [7, 11) is 4.37. The molecule has 3 aromatic rings. The maximum Gasteiger partial charge on any atom is 0.299 e. The molecule has 0 aliphatic carbocycles. The molecule has 1 aromatic heterocycles. The lowest BCUT2D eigenvalue weighted by Crippen LogP contribution is -2.06. The maximum absolute atomic E-state index is 11.7. The van der Waals surface area contributed by atoms with Crippen LogP contribution >= 0.6 is 11.8 Å². The average molecular weight is 541 g/mol. The Morgan fingerprint density at radius 3 is 2.18 bits per heavy atom. The van der Waals surface area contributed by atoms with Crippen molar-refractivity contribution in [2.75, 3.05) is 32.4 Å². The van der Waals surface area contributed by atoms with Gasteiger partial charge in [0.15, 0.2) is 22.5 Å². The summed E-state index contributed by atoms with van der Waals surface area (Å²) in [5.74, 6) is 1.98. The lowest BCUT2D eigenvalue weighted by atomic mass is 10.1. The van der Waals surface area contributed by atoms with E-state index in [0.717, 1.165) is 12.1 Å². The highest BCUT2D eigenvalue weighted by molar-refractivity contribution is 7.99. The summed E-state index contributed by atoms with van der Waals surface area (Å²) in [6, 6.07) is 8.47. The number of nitro groups is 2. The van der Waals surface area contributed by atoms with Gasteiger partial charge in [0.25, 0.3) is 11.4 Å². The summed E-state index contributed by atoms with van der Waals surface area (Å²) in [4.78, 5) is 30.4. The standard InChI is InChI=1S/C24H24N6O7S/c1-13(2)12-38-24-27-21(14-8-19(35-3)22(37-5)20(9-14)36-4)16(11-25)23(28-24)26-17-7-6-15(29(31)32)10-18(17)30(33)34/h6-10,13H,12H2,1-5H3,(H,26,27,28). The lowest BCUT2D eigenvalue weighted by Gasteiger charge is -2.16. The molecule has 2 aromatic carbocycles. The molecule has 38 heavy (non-hydrogen) atoms. The zero-order valence-corrected chi connectivity index (χ0v) is 22.0. The van der Waals surface area contributed by atoms with Gasteiger partial charge in [-0.1, -0.05) is 25.6 Å².